The van der Waals surface area contributed by atoms with Gasteiger partial charge in [0.15, 0.2) is 0 Å². The smallest absolute Gasteiger partial charge is 0.0864 e. The van der Waals surface area contributed by atoms with Crippen molar-refractivity contribution in [2.45, 2.75) is 32.8 Å². The van der Waals surface area contributed by atoms with E-state index in [1.807, 2.05) is 6.92 Å². The van der Waals surface area contributed by atoms with Crippen LogP contribution >= 0.6 is 0 Å². The quantitative estimate of drug-likeness (QED) is 0.562. The molecule has 3 heteroatoms. The van der Waals surface area contributed by atoms with E-state index in [1.54, 1.807) is 6.92 Å². The van der Waals surface area contributed by atoms with Gasteiger partial charge >= 0.3 is 0 Å². The van der Waals surface area contributed by atoms with Crippen LogP contribution in [-0.2, 0) is 4.74 Å². The molecule has 0 aromatic rings. The maximum atomic E-state index is 9.71. The van der Waals surface area contributed by atoms with E-state index >= 15 is 0 Å². The molecular formula is C9H21NO2. The molecule has 3 nitrogen and oxygen atoms in total. The van der Waals surface area contributed by atoms with Crippen LogP contribution in [0.3, 0.4) is 0 Å². The minimum Gasteiger partial charge on any atom is -0.388 e. The van der Waals surface area contributed by atoms with Gasteiger partial charge in [0.05, 0.1) is 12.2 Å². The van der Waals surface area contributed by atoms with E-state index in [2.05, 4.69) is 12.2 Å². The summed E-state index contributed by atoms with van der Waals surface area (Å²) in [5.74, 6) is 0. The Morgan fingerprint density at radius 3 is 2.58 bits per heavy atom. The number of ether oxygens (including phenoxy) is 1. The van der Waals surface area contributed by atoms with E-state index in [0.29, 0.717) is 13.2 Å². The van der Waals surface area contributed by atoms with Crippen LogP contribution in [0.25, 0.3) is 0 Å². The first-order chi connectivity index (χ1) is 5.62. The van der Waals surface area contributed by atoms with E-state index in [0.717, 1.165) is 19.5 Å². The second-order valence-electron chi connectivity index (χ2n) is 3.24. The van der Waals surface area contributed by atoms with E-state index < -0.39 is 5.60 Å². The Morgan fingerprint density at radius 2 is 2.08 bits per heavy atom. The maximum absolute atomic E-state index is 9.71. The van der Waals surface area contributed by atoms with Crippen LogP contribution in [0.4, 0.5) is 0 Å². The number of hydrogen-bond acceptors (Lipinski definition) is 3. The summed E-state index contributed by atoms with van der Waals surface area (Å²) in [4.78, 5) is 0. The highest BCUT2D eigenvalue weighted by atomic mass is 16.5. The molecule has 0 saturated heterocycles. The molecule has 12 heavy (non-hydrogen) atoms. The molecule has 0 spiro atoms. The van der Waals surface area contributed by atoms with Gasteiger partial charge in [0.25, 0.3) is 0 Å². The first kappa shape index (κ1) is 11.9. The van der Waals surface area contributed by atoms with Crippen LogP contribution in [0.5, 0.6) is 0 Å². The Bertz CT molecular complexity index is 105. The van der Waals surface area contributed by atoms with Crippen LogP contribution in [-0.4, -0.2) is 37.0 Å². The second-order valence-corrected chi connectivity index (χ2v) is 3.24. The van der Waals surface area contributed by atoms with E-state index in [-0.39, 0.29) is 0 Å². The molecule has 0 aromatic heterocycles. The molecular weight excluding hydrogens is 154 g/mol. The summed E-state index contributed by atoms with van der Waals surface area (Å²) in [5.41, 5.74) is -0.682. The molecule has 0 fully saturated rings. The van der Waals surface area contributed by atoms with Crippen LogP contribution in [0, 0.1) is 0 Å². The average Bonchev–Trinajstić information content (AvgIpc) is 2.01. The largest absolute Gasteiger partial charge is 0.388 e. The molecule has 74 valence electrons. The van der Waals surface area contributed by atoms with E-state index in [4.69, 9.17) is 4.74 Å². The topological polar surface area (TPSA) is 41.5 Å². The predicted octanol–water partition coefficient (Wildman–Crippen LogP) is 0.773. The van der Waals surface area contributed by atoms with Gasteiger partial charge in [-0.15, -0.1) is 0 Å². The standard InChI is InChI=1S/C9H21NO2/c1-4-10-7-6-9(3,11)8-12-5-2/h10-11H,4-8H2,1-3H3. The molecule has 0 aliphatic heterocycles. The van der Waals surface area contributed by atoms with Crippen molar-refractivity contribution < 1.29 is 9.84 Å². The molecule has 0 saturated carbocycles. The molecule has 1 atom stereocenters. The number of hydrogen-bond donors (Lipinski definition) is 2. The maximum Gasteiger partial charge on any atom is 0.0864 e. The third-order valence-electron chi connectivity index (χ3n) is 1.71. The van der Waals surface area contributed by atoms with Gasteiger partial charge in [0, 0.05) is 6.61 Å². The minimum atomic E-state index is -0.682. The Balaban J connectivity index is 3.42. The fourth-order valence-electron chi connectivity index (χ4n) is 0.929. The lowest BCUT2D eigenvalue weighted by Gasteiger charge is -2.22. The lowest BCUT2D eigenvalue weighted by Crippen LogP contribution is -2.34. The summed E-state index contributed by atoms with van der Waals surface area (Å²) in [5, 5.41) is 12.9. The second kappa shape index (κ2) is 6.40. The normalized spacial score (nSPS) is 16.0. The summed E-state index contributed by atoms with van der Waals surface area (Å²) in [6.07, 6.45) is 0.737. The van der Waals surface area contributed by atoms with Crippen LogP contribution in [0.1, 0.15) is 27.2 Å². The SMILES string of the molecule is CCNCCC(C)(O)COCC. The van der Waals surface area contributed by atoms with Gasteiger partial charge in [-0.25, -0.2) is 0 Å². The summed E-state index contributed by atoms with van der Waals surface area (Å²) in [6, 6.07) is 0. The van der Waals surface area contributed by atoms with Crippen molar-refractivity contribution in [2.24, 2.45) is 0 Å². The van der Waals surface area contributed by atoms with Crippen molar-refractivity contribution in [1.82, 2.24) is 5.32 Å². The van der Waals surface area contributed by atoms with Gasteiger partial charge in [-0.05, 0) is 33.4 Å². The molecule has 1 unspecified atom stereocenters. The highest BCUT2D eigenvalue weighted by Crippen LogP contribution is 2.08. The fourth-order valence-corrected chi connectivity index (χ4v) is 0.929. The highest BCUT2D eigenvalue weighted by molar-refractivity contribution is 4.72. The fraction of sp³-hybridized carbons (Fsp3) is 1.00. The lowest BCUT2D eigenvalue weighted by molar-refractivity contribution is -0.0349. The molecule has 0 aromatic carbocycles. The third kappa shape index (κ3) is 6.58. The number of rotatable bonds is 7. The van der Waals surface area contributed by atoms with Gasteiger partial charge in [-0.1, -0.05) is 6.92 Å². The van der Waals surface area contributed by atoms with Crippen molar-refractivity contribution in [2.75, 3.05) is 26.3 Å². The minimum absolute atomic E-state index is 0.425. The Labute approximate surface area is 75.1 Å². The molecule has 0 amide bonds. The molecule has 2 N–H and O–H groups in total. The summed E-state index contributed by atoms with van der Waals surface area (Å²) >= 11 is 0. The summed E-state index contributed by atoms with van der Waals surface area (Å²) < 4.78 is 5.15. The molecule has 0 heterocycles. The van der Waals surface area contributed by atoms with E-state index in [9.17, 15) is 5.11 Å². The van der Waals surface area contributed by atoms with Crippen molar-refractivity contribution in [1.29, 1.82) is 0 Å². The Hall–Kier alpha value is -0.120. The van der Waals surface area contributed by atoms with Crippen molar-refractivity contribution in [3.05, 3.63) is 0 Å². The Morgan fingerprint density at radius 1 is 1.42 bits per heavy atom. The van der Waals surface area contributed by atoms with Gasteiger partial charge < -0.3 is 15.2 Å². The van der Waals surface area contributed by atoms with Crippen LogP contribution in [0.15, 0.2) is 0 Å². The zero-order valence-electron chi connectivity index (χ0n) is 8.39. The first-order valence-corrected chi connectivity index (χ1v) is 4.63. The predicted molar refractivity (Wildman–Crippen MR) is 50.3 cm³/mol. The Kier molecular flexibility index (Phi) is 6.34. The molecule has 0 aliphatic rings. The van der Waals surface area contributed by atoms with Crippen LogP contribution in [0.2, 0.25) is 0 Å². The van der Waals surface area contributed by atoms with E-state index in [1.165, 1.54) is 0 Å². The zero-order chi connectivity index (χ0) is 9.45. The van der Waals surface area contributed by atoms with Gasteiger partial charge in [-0.2, -0.15) is 0 Å². The number of aliphatic hydroxyl groups is 1. The third-order valence-corrected chi connectivity index (χ3v) is 1.71. The van der Waals surface area contributed by atoms with Gasteiger partial charge in [-0.3, -0.25) is 0 Å². The van der Waals surface area contributed by atoms with Gasteiger partial charge in [0.1, 0.15) is 0 Å². The van der Waals surface area contributed by atoms with Crippen LogP contribution < -0.4 is 5.32 Å². The summed E-state index contributed by atoms with van der Waals surface area (Å²) in [7, 11) is 0. The number of nitrogens with one attached hydrogen (secondary N) is 1. The van der Waals surface area contributed by atoms with Crippen molar-refractivity contribution in [3.8, 4) is 0 Å². The lowest BCUT2D eigenvalue weighted by atomic mass is 10.0. The monoisotopic (exact) mass is 175 g/mol. The highest BCUT2D eigenvalue weighted by Gasteiger charge is 2.19. The molecule has 0 aliphatic carbocycles. The van der Waals surface area contributed by atoms with Crippen molar-refractivity contribution in [3.63, 3.8) is 0 Å². The summed E-state index contributed by atoms with van der Waals surface area (Å²) in [6.45, 7) is 8.67. The average molecular weight is 175 g/mol. The molecule has 0 rings (SSSR count). The van der Waals surface area contributed by atoms with Gasteiger partial charge in [0.2, 0.25) is 0 Å². The van der Waals surface area contributed by atoms with Crippen molar-refractivity contribution >= 4 is 0 Å². The molecule has 0 radical (unpaired) electrons. The zero-order valence-corrected chi connectivity index (χ0v) is 8.39. The molecule has 0 bridgehead atoms. The first-order valence-electron chi connectivity index (χ1n) is 4.63.